The first kappa shape index (κ1) is 22.8. The van der Waals surface area contributed by atoms with Crippen LogP contribution in [0.15, 0.2) is 54.6 Å². The van der Waals surface area contributed by atoms with Crippen LogP contribution in [0.1, 0.15) is 35.6 Å². The minimum Gasteiger partial charge on any atom is -0.460 e. The molecule has 0 aliphatic carbocycles. The Balaban J connectivity index is 0.000000444. The lowest BCUT2D eigenvalue weighted by atomic mass is 9.86. The molecule has 0 radical (unpaired) electrons. The summed E-state index contributed by atoms with van der Waals surface area (Å²) >= 11 is 0. The van der Waals surface area contributed by atoms with Crippen molar-refractivity contribution in [3.8, 4) is 0 Å². The third-order valence-corrected chi connectivity index (χ3v) is 6.52. The van der Waals surface area contributed by atoms with Crippen LogP contribution in [-0.4, -0.2) is 67.3 Å². The van der Waals surface area contributed by atoms with Crippen molar-refractivity contribution in [2.24, 2.45) is 5.92 Å². The third-order valence-electron chi connectivity index (χ3n) is 6.52. The molecule has 0 aromatic heterocycles. The van der Waals surface area contributed by atoms with Crippen molar-refractivity contribution in [3.63, 3.8) is 0 Å². The lowest BCUT2D eigenvalue weighted by Crippen LogP contribution is -2.53. The standard InChI is InChI=1S/C23H27N3O.CH4O3S/c24-23(27-21-16-25-13-10-18(21)11-14-25)26-15-12-17-6-4-5-9-20(17)22(26)19-7-2-1-3-8-19;1-5(2,3)4/h1-9,18,21-22,24H,10-16H2;1H3,(H,2,3,4). The summed E-state index contributed by atoms with van der Waals surface area (Å²) in [6.07, 6.45) is 4.28. The van der Waals surface area contributed by atoms with Gasteiger partial charge in [0.05, 0.1) is 12.3 Å². The minimum atomic E-state index is -3.67. The highest BCUT2D eigenvalue weighted by Crippen LogP contribution is 2.36. The Labute approximate surface area is 190 Å². The normalized spacial score (nSPS) is 26.5. The molecule has 172 valence electrons. The second-order valence-electron chi connectivity index (χ2n) is 8.79. The summed E-state index contributed by atoms with van der Waals surface area (Å²) in [5.41, 5.74) is 3.92. The predicted molar refractivity (Wildman–Crippen MR) is 124 cm³/mol. The summed E-state index contributed by atoms with van der Waals surface area (Å²) in [5.74, 6) is 0.614. The zero-order chi connectivity index (χ0) is 22.7. The summed E-state index contributed by atoms with van der Waals surface area (Å²) in [6.45, 7) is 4.20. The number of piperidine rings is 3. The fraction of sp³-hybridized carbons (Fsp3) is 0.458. The molecule has 32 heavy (non-hydrogen) atoms. The Morgan fingerprint density at radius 2 is 1.66 bits per heavy atom. The Morgan fingerprint density at radius 1 is 1.03 bits per heavy atom. The van der Waals surface area contributed by atoms with Crippen LogP contribution in [0.2, 0.25) is 0 Å². The van der Waals surface area contributed by atoms with E-state index in [1.165, 1.54) is 42.6 Å². The number of nitrogens with zero attached hydrogens (tertiary/aromatic N) is 2. The molecule has 3 saturated heterocycles. The van der Waals surface area contributed by atoms with Gasteiger partial charge in [-0.25, -0.2) is 0 Å². The summed E-state index contributed by atoms with van der Waals surface area (Å²) in [5, 5.41) is 8.81. The monoisotopic (exact) mass is 457 g/mol. The summed E-state index contributed by atoms with van der Waals surface area (Å²) < 4.78 is 32.2. The van der Waals surface area contributed by atoms with Gasteiger partial charge in [0.1, 0.15) is 6.10 Å². The Morgan fingerprint density at radius 3 is 2.28 bits per heavy atom. The number of nitrogens with one attached hydrogen (secondary N) is 1. The average Bonchev–Trinajstić information content (AvgIpc) is 2.78. The summed E-state index contributed by atoms with van der Waals surface area (Å²) in [4.78, 5) is 4.65. The molecule has 7 nitrogen and oxygen atoms in total. The van der Waals surface area contributed by atoms with Crippen LogP contribution in [0.25, 0.3) is 0 Å². The number of hydrogen-bond acceptors (Lipinski definition) is 5. The number of amidine groups is 1. The van der Waals surface area contributed by atoms with Gasteiger partial charge in [-0.1, -0.05) is 54.6 Å². The van der Waals surface area contributed by atoms with E-state index in [1.54, 1.807) is 0 Å². The number of ether oxygens (including phenoxy) is 1. The fourth-order valence-electron chi connectivity index (χ4n) is 5.04. The lowest BCUT2D eigenvalue weighted by Gasteiger charge is -2.46. The van der Waals surface area contributed by atoms with Crippen LogP contribution < -0.4 is 0 Å². The second-order valence-corrected chi connectivity index (χ2v) is 10.3. The van der Waals surface area contributed by atoms with E-state index in [2.05, 4.69) is 64.4 Å². The van der Waals surface area contributed by atoms with Gasteiger partial charge < -0.3 is 9.64 Å². The molecule has 2 unspecified atom stereocenters. The number of fused-ring (bicyclic) bond motifs is 4. The maximum Gasteiger partial charge on any atom is 0.285 e. The van der Waals surface area contributed by atoms with E-state index in [4.69, 9.17) is 14.7 Å². The van der Waals surface area contributed by atoms with Crippen molar-refractivity contribution in [2.75, 3.05) is 32.4 Å². The molecule has 2 aromatic carbocycles. The van der Waals surface area contributed by atoms with E-state index in [9.17, 15) is 8.42 Å². The highest BCUT2D eigenvalue weighted by atomic mass is 32.2. The van der Waals surface area contributed by atoms with Crippen molar-refractivity contribution in [3.05, 3.63) is 71.3 Å². The molecule has 2 N–H and O–H groups in total. The molecule has 2 bridgehead atoms. The predicted octanol–water partition coefficient (Wildman–Crippen LogP) is 3.18. The molecule has 3 fully saturated rings. The molecule has 0 spiro atoms. The molecular weight excluding hydrogens is 426 g/mol. The maximum absolute atomic E-state index is 9.19. The maximum atomic E-state index is 9.19. The molecule has 0 amide bonds. The molecule has 4 aliphatic rings. The van der Waals surface area contributed by atoms with Crippen molar-refractivity contribution in [1.29, 1.82) is 5.41 Å². The van der Waals surface area contributed by atoms with Gasteiger partial charge in [-0.05, 0) is 55.0 Å². The van der Waals surface area contributed by atoms with Crippen molar-refractivity contribution in [2.45, 2.75) is 31.4 Å². The second kappa shape index (κ2) is 9.60. The van der Waals surface area contributed by atoms with E-state index < -0.39 is 10.1 Å². The van der Waals surface area contributed by atoms with Gasteiger partial charge >= 0.3 is 0 Å². The topological polar surface area (TPSA) is 93.9 Å². The molecule has 4 heterocycles. The van der Waals surface area contributed by atoms with Gasteiger partial charge in [0.15, 0.2) is 0 Å². The van der Waals surface area contributed by atoms with E-state index in [0.717, 1.165) is 19.5 Å². The van der Waals surface area contributed by atoms with Crippen molar-refractivity contribution < 1.29 is 17.7 Å². The first-order valence-corrected chi connectivity index (χ1v) is 12.9. The lowest BCUT2D eigenvalue weighted by molar-refractivity contribution is -0.0256. The molecule has 2 atom stereocenters. The Kier molecular flexibility index (Phi) is 6.83. The zero-order valence-corrected chi connectivity index (χ0v) is 19.2. The van der Waals surface area contributed by atoms with E-state index >= 15 is 0 Å². The first-order chi connectivity index (χ1) is 15.3. The van der Waals surface area contributed by atoms with Gasteiger partial charge in [-0.15, -0.1) is 0 Å². The van der Waals surface area contributed by atoms with E-state index in [-0.39, 0.29) is 12.1 Å². The van der Waals surface area contributed by atoms with Gasteiger partial charge in [-0.2, -0.15) is 8.42 Å². The molecule has 2 aromatic rings. The van der Waals surface area contributed by atoms with Crippen LogP contribution in [-0.2, 0) is 21.3 Å². The molecular formula is C24H31N3O4S. The highest BCUT2D eigenvalue weighted by molar-refractivity contribution is 7.85. The largest absolute Gasteiger partial charge is 0.460 e. The van der Waals surface area contributed by atoms with Crippen LogP contribution in [0.5, 0.6) is 0 Å². The third kappa shape index (κ3) is 5.49. The first-order valence-electron chi connectivity index (χ1n) is 11.1. The van der Waals surface area contributed by atoms with Crippen LogP contribution in [0.4, 0.5) is 0 Å². The average molecular weight is 458 g/mol. The van der Waals surface area contributed by atoms with Crippen LogP contribution in [0.3, 0.4) is 0 Å². The van der Waals surface area contributed by atoms with Gasteiger partial charge in [-0.3, -0.25) is 14.9 Å². The molecule has 8 heteroatoms. The van der Waals surface area contributed by atoms with Crippen molar-refractivity contribution >= 4 is 16.1 Å². The number of rotatable bonds is 2. The van der Waals surface area contributed by atoms with Crippen molar-refractivity contribution in [1.82, 2.24) is 9.80 Å². The smallest absolute Gasteiger partial charge is 0.285 e. The molecule has 0 saturated carbocycles. The SMILES string of the molecule is CS(=O)(=O)O.N=C(OC1CN2CCC1CC2)N1CCc2ccccc2C1c1ccccc1. The van der Waals surface area contributed by atoms with Crippen LogP contribution >= 0.6 is 0 Å². The van der Waals surface area contributed by atoms with E-state index in [1.807, 2.05) is 0 Å². The summed E-state index contributed by atoms with van der Waals surface area (Å²) in [6, 6.07) is 19.6. The number of benzene rings is 2. The quantitative estimate of drug-likeness (QED) is 0.409. The fourth-order valence-corrected chi connectivity index (χ4v) is 5.04. The van der Waals surface area contributed by atoms with Crippen LogP contribution in [0, 0.1) is 11.3 Å². The number of hydrogen-bond donors (Lipinski definition) is 2. The summed E-state index contributed by atoms with van der Waals surface area (Å²) in [7, 11) is -3.67. The minimum absolute atomic E-state index is 0.0599. The van der Waals surface area contributed by atoms with Gasteiger partial charge in [0.25, 0.3) is 16.1 Å². The van der Waals surface area contributed by atoms with Gasteiger partial charge in [0, 0.05) is 13.1 Å². The Bertz CT molecular complexity index is 1030. The highest BCUT2D eigenvalue weighted by Gasteiger charge is 2.38. The molecule has 6 rings (SSSR count). The molecule has 4 aliphatic heterocycles. The van der Waals surface area contributed by atoms with E-state index in [0.29, 0.717) is 18.2 Å². The zero-order valence-electron chi connectivity index (χ0n) is 18.4. The van der Waals surface area contributed by atoms with Gasteiger partial charge in [0.2, 0.25) is 0 Å². The Hall–Kier alpha value is -2.42.